The van der Waals surface area contributed by atoms with E-state index in [9.17, 15) is 4.79 Å². The van der Waals surface area contributed by atoms with Crippen molar-refractivity contribution in [2.75, 3.05) is 7.11 Å². The monoisotopic (exact) mass is 258 g/mol. The molecule has 0 bridgehead atoms. The molecule has 0 aliphatic rings. The Kier molecular flexibility index (Phi) is 4.34. The maximum Gasteiger partial charge on any atom is 0.185 e. The molecular formula is C15H18N2O2. The van der Waals surface area contributed by atoms with Crippen LogP contribution in [0.2, 0.25) is 0 Å². The van der Waals surface area contributed by atoms with Crippen molar-refractivity contribution < 1.29 is 9.53 Å². The van der Waals surface area contributed by atoms with E-state index in [1.165, 1.54) is 11.1 Å². The van der Waals surface area contributed by atoms with Gasteiger partial charge in [-0.15, -0.1) is 0 Å². The first-order valence-corrected chi connectivity index (χ1v) is 6.34. The molecule has 19 heavy (non-hydrogen) atoms. The number of rotatable bonds is 6. The van der Waals surface area contributed by atoms with Crippen molar-refractivity contribution in [3.05, 3.63) is 47.5 Å². The van der Waals surface area contributed by atoms with E-state index in [2.05, 4.69) is 18.0 Å². The van der Waals surface area contributed by atoms with Gasteiger partial charge in [0.15, 0.2) is 12.1 Å². The van der Waals surface area contributed by atoms with Crippen molar-refractivity contribution in [1.29, 1.82) is 0 Å². The van der Waals surface area contributed by atoms with Crippen molar-refractivity contribution in [2.45, 2.75) is 26.3 Å². The van der Waals surface area contributed by atoms with Gasteiger partial charge in [0.25, 0.3) is 0 Å². The largest absolute Gasteiger partial charge is 0.497 e. The zero-order valence-electron chi connectivity index (χ0n) is 11.3. The van der Waals surface area contributed by atoms with E-state index >= 15 is 0 Å². The summed E-state index contributed by atoms with van der Waals surface area (Å²) in [6.07, 6.45) is 6.24. The van der Waals surface area contributed by atoms with Crippen molar-refractivity contribution in [3.63, 3.8) is 0 Å². The van der Waals surface area contributed by atoms with E-state index in [4.69, 9.17) is 4.74 Å². The Labute approximate surface area is 113 Å². The maximum absolute atomic E-state index is 10.7. The summed E-state index contributed by atoms with van der Waals surface area (Å²) in [7, 11) is 1.68. The van der Waals surface area contributed by atoms with Gasteiger partial charge < -0.3 is 9.30 Å². The summed E-state index contributed by atoms with van der Waals surface area (Å²) in [5.41, 5.74) is 2.55. The Balaban J connectivity index is 1.94. The second kappa shape index (κ2) is 6.18. The first-order chi connectivity index (χ1) is 9.24. The summed E-state index contributed by atoms with van der Waals surface area (Å²) in [5.74, 6) is 1.38. The van der Waals surface area contributed by atoms with Crippen molar-refractivity contribution >= 4 is 6.29 Å². The number of hydrogen-bond acceptors (Lipinski definition) is 3. The lowest BCUT2D eigenvalue weighted by Crippen LogP contribution is -2.03. The van der Waals surface area contributed by atoms with Crippen LogP contribution in [0.25, 0.3) is 0 Å². The van der Waals surface area contributed by atoms with Gasteiger partial charge in [-0.2, -0.15) is 0 Å². The number of carbonyl (C=O) groups excluding carboxylic acids is 1. The van der Waals surface area contributed by atoms with Crippen LogP contribution in [0.5, 0.6) is 5.75 Å². The molecule has 2 aromatic rings. The summed E-state index contributed by atoms with van der Waals surface area (Å²) in [4.78, 5) is 14.7. The second-order valence-electron chi connectivity index (χ2n) is 4.49. The Morgan fingerprint density at radius 1 is 1.42 bits per heavy atom. The van der Waals surface area contributed by atoms with Gasteiger partial charge in [0.2, 0.25) is 0 Å². The van der Waals surface area contributed by atoms with Crippen LogP contribution in [0.4, 0.5) is 0 Å². The van der Waals surface area contributed by atoms with Gasteiger partial charge in [0.1, 0.15) is 5.75 Å². The number of nitrogens with zero attached hydrogens (tertiary/aromatic N) is 2. The lowest BCUT2D eigenvalue weighted by atomic mass is 10.0. The van der Waals surface area contributed by atoms with Crippen LogP contribution in [0.1, 0.15) is 28.2 Å². The minimum Gasteiger partial charge on any atom is -0.497 e. The fourth-order valence-corrected chi connectivity index (χ4v) is 2.14. The number of aryl methyl sites for hydroxylation is 3. The van der Waals surface area contributed by atoms with Crippen molar-refractivity contribution in [3.8, 4) is 5.75 Å². The average Bonchev–Trinajstić information content (AvgIpc) is 2.88. The quantitative estimate of drug-likeness (QED) is 0.748. The number of imidazole rings is 1. The molecular weight excluding hydrogens is 240 g/mol. The van der Waals surface area contributed by atoms with Gasteiger partial charge in [-0.3, -0.25) is 4.79 Å². The Hall–Kier alpha value is -2.10. The van der Waals surface area contributed by atoms with Gasteiger partial charge in [-0.1, -0.05) is 6.07 Å². The summed E-state index contributed by atoms with van der Waals surface area (Å²) >= 11 is 0. The first kappa shape index (κ1) is 13.3. The van der Waals surface area contributed by atoms with Gasteiger partial charge in [-0.05, 0) is 43.0 Å². The predicted molar refractivity (Wildman–Crippen MR) is 73.7 cm³/mol. The first-order valence-electron chi connectivity index (χ1n) is 6.34. The smallest absolute Gasteiger partial charge is 0.185 e. The molecule has 4 heteroatoms. The third kappa shape index (κ3) is 3.22. The van der Waals surface area contributed by atoms with E-state index < -0.39 is 0 Å². The molecule has 2 rings (SSSR count). The highest BCUT2D eigenvalue weighted by molar-refractivity contribution is 5.69. The van der Waals surface area contributed by atoms with Crippen LogP contribution in [0.3, 0.4) is 0 Å². The molecule has 100 valence electrons. The van der Waals surface area contributed by atoms with Crippen LogP contribution in [0.15, 0.2) is 30.6 Å². The molecule has 0 N–H and O–H groups in total. The molecule has 1 heterocycles. The highest BCUT2D eigenvalue weighted by atomic mass is 16.5. The third-order valence-corrected chi connectivity index (χ3v) is 3.25. The Morgan fingerprint density at radius 2 is 2.26 bits per heavy atom. The number of ether oxygens (including phenoxy) is 1. The molecule has 0 aliphatic heterocycles. The minimum absolute atomic E-state index is 0.492. The number of hydrogen-bond donors (Lipinski definition) is 0. The molecule has 0 radical (unpaired) electrons. The normalized spacial score (nSPS) is 10.4. The predicted octanol–water partition coefficient (Wildman–Crippen LogP) is 2.65. The van der Waals surface area contributed by atoms with E-state index in [1.807, 2.05) is 22.9 Å². The van der Waals surface area contributed by atoms with E-state index in [0.29, 0.717) is 5.82 Å². The van der Waals surface area contributed by atoms with Gasteiger partial charge in [0.05, 0.1) is 7.11 Å². The van der Waals surface area contributed by atoms with Crippen LogP contribution >= 0.6 is 0 Å². The number of aldehydes is 1. The van der Waals surface area contributed by atoms with Gasteiger partial charge in [0, 0.05) is 18.9 Å². The number of benzene rings is 1. The van der Waals surface area contributed by atoms with Gasteiger partial charge in [-0.25, -0.2) is 4.98 Å². The number of methoxy groups -OCH3 is 1. The summed E-state index contributed by atoms with van der Waals surface area (Å²) < 4.78 is 7.07. The molecule has 4 nitrogen and oxygen atoms in total. The molecule has 0 saturated heterocycles. The Morgan fingerprint density at radius 3 is 2.95 bits per heavy atom. The molecule has 0 spiro atoms. The molecule has 1 aromatic heterocycles. The molecule has 1 aromatic carbocycles. The lowest BCUT2D eigenvalue weighted by Gasteiger charge is -2.09. The maximum atomic E-state index is 10.7. The van der Waals surface area contributed by atoms with Crippen LogP contribution in [-0.2, 0) is 13.0 Å². The van der Waals surface area contributed by atoms with Crippen LogP contribution < -0.4 is 4.74 Å². The van der Waals surface area contributed by atoms with E-state index in [-0.39, 0.29) is 0 Å². The summed E-state index contributed by atoms with van der Waals surface area (Å²) in [6, 6.07) is 6.13. The van der Waals surface area contributed by atoms with E-state index in [1.54, 1.807) is 13.3 Å². The minimum atomic E-state index is 0.492. The highest BCUT2D eigenvalue weighted by Crippen LogP contribution is 2.18. The fraction of sp³-hybridized carbons (Fsp3) is 0.333. The number of aromatic nitrogens is 2. The van der Waals surface area contributed by atoms with Crippen molar-refractivity contribution in [2.24, 2.45) is 0 Å². The average molecular weight is 258 g/mol. The summed E-state index contributed by atoms with van der Waals surface area (Å²) in [6.45, 7) is 2.89. The highest BCUT2D eigenvalue weighted by Gasteiger charge is 2.03. The lowest BCUT2D eigenvalue weighted by molar-refractivity contribution is 0.111. The molecule has 0 saturated carbocycles. The fourth-order valence-electron chi connectivity index (χ4n) is 2.14. The second-order valence-corrected chi connectivity index (χ2v) is 4.49. The number of carbonyl (C=O) groups is 1. The standard InChI is InChI=1S/C15H18N2O2/c1-12-10-14(19-2)6-5-13(12)4-3-8-17-9-7-16-15(17)11-18/h5-7,9-11H,3-4,8H2,1-2H3. The SMILES string of the molecule is COc1ccc(CCCn2ccnc2C=O)c(C)c1. The molecule has 0 unspecified atom stereocenters. The zero-order chi connectivity index (χ0) is 13.7. The molecule has 0 atom stereocenters. The van der Waals surface area contributed by atoms with Crippen LogP contribution in [-0.4, -0.2) is 22.9 Å². The van der Waals surface area contributed by atoms with Crippen LogP contribution in [0, 0.1) is 6.92 Å². The van der Waals surface area contributed by atoms with Gasteiger partial charge >= 0.3 is 0 Å². The Bertz CT molecular complexity index is 561. The van der Waals surface area contributed by atoms with Crippen molar-refractivity contribution in [1.82, 2.24) is 9.55 Å². The van der Waals surface area contributed by atoms with E-state index in [0.717, 1.165) is 31.4 Å². The zero-order valence-corrected chi connectivity index (χ0v) is 11.3. The molecule has 0 amide bonds. The third-order valence-electron chi connectivity index (χ3n) is 3.25. The molecule has 0 aliphatic carbocycles. The topological polar surface area (TPSA) is 44.1 Å². The summed E-state index contributed by atoms with van der Waals surface area (Å²) in [5, 5.41) is 0. The molecule has 0 fully saturated rings.